The maximum atomic E-state index is 2.65. The van der Waals surface area contributed by atoms with Crippen molar-refractivity contribution in [2.45, 2.75) is 32.2 Å². The first-order chi connectivity index (χ1) is 7.59. The van der Waals surface area contributed by atoms with Crippen LogP contribution in [0.1, 0.15) is 26.2 Å². The summed E-state index contributed by atoms with van der Waals surface area (Å²) < 4.78 is 0. The minimum atomic E-state index is 0.774. The molecule has 0 N–H and O–H groups in total. The minimum absolute atomic E-state index is 0.774. The Morgan fingerprint density at radius 3 is 2.25 bits per heavy atom. The van der Waals surface area contributed by atoms with Crippen molar-refractivity contribution in [3.8, 4) is 0 Å². The predicted molar refractivity (Wildman–Crippen MR) is 70.9 cm³/mol. The summed E-state index contributed by atoms with van der Waals surface area (Å²) in [4.78, 5) is 7.35. The number of rotatable bonds is 6. The number of piperazine rings is 1. The quantitative estimate of drug-likeness (QED) is 0.634. The molecule has 3 heteroatoms. The van der Waals surface area contributed by atoms with Crippen molar-refractivity contribution < 1.29 is 0 Å². The second-order valence-electron chi connectivity index (χ2n) is 5.49. The van der Waals surface area contributed by atoms with Gasteiger partial charge in [0.2, 0.25) is 0 Å². The van der Waals surface area contributed by atoms with E-state index < -0.39 is 0 Å². The molecule has 0 spiro atoms. The van der Waals surface area contributed by atoms with Crippen molar-refractivity contribution in [3.05, 3.63) is 0 Å². The van der Waals surface area contributed by atoms with Crippen LogP contribution in [0.3, 0.4) is 0 Å². The highest BCUT2D eigenvalue weighted by Gasteiger charge is 2.18. The highest BCUT2D eigenvalue weighted by Crippen LogP contribution is 2.11. The lowest BCUT2D eigenvalue weighted by Crippen LogP contribution is -2.48. The highest BCUT2D eigenvalue weighted by molar-refractivity contribution is 4.74. The molecular formula is C13H29N3. The van der Waals surface area contributed by atoms with Gasteiger partial charge in [-0.15, -0.1) is 0 Å². The Balaban J connectivity index is 2.08. The van der Waals surface area contributed by atoms with Crippen LogP contribution in [0.4, 0.5) is 0 Å². The maximum absolute atomic E-state index is 2.65. The van der Waals surface area contributed by atoms with E-state index in [1.165, 1.54) is 52.0 Å². The molecule has 16 heavy (non-hydrogen) atoms. The smallest absolute Gasteiger partial charge is 0.0113 e. The molecular weight excluding hydrogens is 198 g/mol. The largest absolute Gasteiger partial charge is 0.309 e. The molecule has 1 heterocycles. The highest BCUT2D eigenvalue weighted by atomic mass is 15.3. The van der Waals surface area contributed by atoms with Gasteiger partial charge in [-0.1, -0.05) is 6.42 Å². The molecule has 0 amide bonds. The van der Waals surface area contributed by atoms with E-state index in [0.717, 1.165) is 6.04 Å². The summed E-state index contributed by atoms with van der Waals surface area (Å²) in [6.07, 6.45) is 4.06. The van der Waals surface area contributed by atoms with Crippen molar-refractivity contribution in [1.82, 2.24) is 14.7 Å². The molecule has 1 atom stereocenters. The molecule has 1 fully saturated rings. The topological polar surface area (TPSA) is 9.72 Å². The Bertz CT molecular complexity index is 174. The molecule has 0 aromatic rings. The summed E-state index contributed by atoms with van der Waals surface area (Å²) in [6.45, 7) is 8.61. The van der Waals surface area contributed by atoms with Gasteiger partial charge in [-0.25, -0.2) is 0 Å². The van der Waals surface area contributed by atoms with Gasteiger partial charge in [0.15, 0.2) is 0 Å². The first kappa shape index (κ1) is 13.9. The van der Waals surface area contributed by atoms with Gasteiger partial charge in [0.1, 0.15) is 0 Å². The van der Waals surface area contributed by atoms with E-state index in [2.05, 4.69) is 42.8 Å². The zero-order valence-corrected chi connectivity index (χ0v) is 11.6. The Labute approximate surface area is 101 Å². The normalized spacial score (nSPS) is 21.6. The summed E-state index contributed by atoms with van der Waals surface area (Å²) in [5.41, 5.74) is 0. The van der Waals surface area contributed by atoms with Gasteiger partial charge in [-0.3, -0.25) is 4.90 Å². The summed E-state index contributed by atoms with van der Waals surface area (Å²) in [5.74, 6) is 0. The Morgan fingerprint density at radius 1 is 1.06 bits per heavy atom. The van der Waals surface area contributed by atoms with Gasteiger partial charge >= 0.3 is 0 Å². The summed E-state index contributed by atoms with van der Waals surface area (Å²) >= 11 is 0. The van der Waals surface area contributed by atoms with Gasteiger partial charge in [0.05, 0.1) is 0 Å². The Kier molecular flexibility index (Phi) is 6.32. The van der Waals surface area contributed by atoms with E-state index >= 15 is 0 Å². The monoisotopic (exact) mass is 227 g/mol. The van der Waals surface area contributed by atoms with Crippen molar-refractivity contribution >= 4 is 0 Å². The molecule has 0 aromatic heterocycles. The van der Waals surface area contributed by atoms with Gasteiger partial charge < -0.3 is 9.80 Å². The molecule has 0 radical (unpaired) electrons. The fourth-order valence-electron chi connectivity index (χ4n) is 2.31. The van der Waals surface area contributed by atoms with Crippen LogP contribution in [0, 0.1) is 0 Å². The molecule has 1 aliphatic rings. The predicted octanol–water partition coefficient (Wildman–Crippen LogP) is 1.35. The fraction of sp³-hybridized carbons (Fsp3) is 1.00. The third-order valence-electron chi connectivity index (χ3n) is 3.64. The molecule has 0 bridgehead atoms. The van der Waals surface area contributed by atoms with Crippen LogP contribution in [-0.2, 0) is 0 Å². The fourth-order valence-corrected chi connectivity index (χ4v) is 2.31. The van der Waals surface area contributed by atoms with Crippen molar-refractivity contribution in [1.29, 1.82) is 0 Å². The van der Waals surface area contributed by atoms with Crippen LogP contribution in [-0.4, -0.2) is 74.6 Å². The van der Waals surface area contributed by atoms with Crippen LogP contribution in [0.25, 0.3) is 0 Å². The van der Waals surface area contributed by atoms with E-state index in [9.17, 15) is 0 Å². The zero-order chi connectivity index (χ0) is 12.0. The summed E-state index contributed by atoms with van der Waals surface area (Å²) in [6, 6.07) is 0.774. The molecule has 96 valence electrons. The first-order valence-corrected chi connectivity index (χ1v) is 6.67. The molecule has 1 unspecified atom stereocenters. The van der Waals surface area contributed by atoms with Crippen molar-refractivity contribution in [3.63, 3.8) is 0 Å². The van der Waals surface area contributed by atoms with E-state index in [1.807, 2.05) is 0 Å². The SMILES string of the molecule is CC(CCCCN(C)C)N1CCN(C)CC1. The van der Waals surface area contributed by atoms with Crippen molar-refractivity contribution in [2.24, 2.45) is 0 Å². The van der Waals surface area contributed by atoms with Gasteiger partial charge in [-0.2, -0.15) is 0 Å². The van der Waals surface area contributed by atoms with Crippen LogP contribution in [0.5, 0.6) is 0 Å². The van der Waals surface area contributed by atoms with E-state index in [0.29, 0.717) is 0 Å². The van der Waals surface area contributed by atoms with Gasteiger partial charge in [0.25, 0.3) is 0 Å². The summed E-state index contributed by atoms with van der Waals surface area (Å²) in [7, 11) is 6.53. The van der Waals surface area contributed by atoms with E-state index in [-0.39, 0.29) is 0 Å². The number of hydrogen-bond donors (Lipinski definition) is 0. The second kappa shape index (κ2) is 7.25. The molecule has 1 rings (SSSR count). The van der Waals surface area contributed by atoms with Crippen molar-refractivity contribution in [2.75, 3.05) is 53.9 Å². The molecule has 3 nitrogen and oxygen atoms in total. The molecule has 1 aliphatic heterocycles. The summed E-state index contributed by atoms with van der Waals surface area (Å²) in [5, 5.41) is 0. The average molecular weight is 227 g/mol. The van der Waals surface area contributed by atoms with Crippen LogP contribution in [0.2, 0.25) is 0 Å². The van der Waals surface area contributed by atoms with Gasteiger partial charge in [-0.05, 0) is 47.5 Å². The van der Waals surface area contributed by atoms with E-state index in [1.54, 1.807) is 0 Å². The average Bonchev–Trinajstić information content (AvgIpc) is 2.25. The third-order valence-corrected chi connectivity index (χ3v) is 3.64. The number of nitrogens with zero attached hydrogens (tertiary/aromatic N) is 3. The molecule has 0 aromatic carbocycles. The lowest BCUT2D eigenvalue weighted by molar-refractivity contribution is 0.113. The Hall–Kier alpha value is -0.120. The number of unbranched alkanes of at least 4 members (excludes halogenated alkanes) is 1. The lowest BCUT2D eigenvalue weighted by Gasteiger charge is -2.36. The molecule has 0 saturated carbocycles. The first-order valence-electron chi connectivity index (χ1n) is 6.67. The Morgan fingerprint density at radius 2 is 1.69 bits per heavy atom. The third kappa shape index (κ3) is 5.28. The van der Waals surface area contributed by atoms with Crippen LogP contribution in [0.15, 0.2) is 0 Å². The zero-order valence-electron chi connectivity index (χ0n) is 11.6. The number of likely N-dealkylation sites (N-methyl/N-ethyl adjacent to an activating group) is 1. The minimum Gasteiger partial charge on any atom is -0.309 e. The lowest BCUT2D eigenvalue weighted by atomic mass is 10.1. The molecule has 0 aliphatic carbocycles. The van der Waals surface area contributed by atoms with E-state index in [4.69, 9.17) is 0 Å². The van der Waals surface area contributed by atoms with Gasteiger partial charge in [0, 0.05) is 32.2 Å². The maximum Gasteiger partial charge on any atom is 0.0113 e. The molecule has 1 saturated heterocycles. The van der Waals surface area contributed by atoms with Crippen LogP contribution < -0.4 is 0 Å². The second-order valence-corrected chi connectivity index (χ2v) is 5.49. The number of hydrogen-bond acceptors (Lipinski definition) is 3. The standard InChI is InChI=1S/C13H29N3/c1-13(7-5-6-8-14(2)3)16-11-9-15(4)10-12-16/h13H,5-12H2,1-4H3. The van der Waals surface area contributed by atoms with Crippen LogP contribution >= 0.6 is 0 Å².